The first-order valence-electron chi connectivity index (χ1n) is 5.89. The highest BCUT2D eigenvalue weighted by atomic mass is 16.5. The zero-order valence-corrected chi connectivity index (χ0v) is 10.7. The third-order valence-corrected chi connectivity index (χ3v) is 2.65. The van der Waals surface area contributed by atoms with Crippen LogP contribution in [0.3, 0.4) is 0 Å². The molecule has 0 amide bonds. The lowest BCUT2D eigenvalue weighted by atomic mass is 10.1. The Morgan fingerprint density at radius 2 is 1.69 bits per heavy atom. The molecule has 1 aromatic rings. The van der Waals surface area contributed by atoms with Gasteiger partial charge in [0.1, 0.15) is 5.75 Å². The van der Waals surface area contributed by atoms with Gasteiger partial charge in [-0.15, -0.1) is 0 Å². The van der Waals surface area contributed by atoms with E-state index in [0.717, 1.165) is 18.8 Å². The van der Waals surface area contributed by atoms with Gasteiger partial charge in [0, 0.05) is 6.61 Å². The second-order valence-electron chi connectivity index (χ2n) is 4.47. The van der Waals surface area contributed by atoms with E-state index in [4.69, 9.17) is 9.47 Å². The number of ether oxygens (including phenoxy) is 2. The van der Waals surface area contributed by atoms with E-state index in [1.807, 2.05) is 12.1 Å². The molecule has 1 atom stereocenters. The normalized spacial score (nSPS) is 12.8. The molecule has 0 bridgehead atoms. The van der Waals surface area contributed by atoms with Crippen molar-refractivity contribution in [1.82, 2.24) is 0 Å². The van der Waals surface area contributed by atoms with Crippen LogP contribution in [0, 0.1) is 5.92 Å². The van der Waals surface area contributed by atoms with Crippen LogP contribution in [0.1, 0.15) is 38.9 Å². The Hall–Kier alpha value is -1.02. The summed E-state index contributed by atoms with van der Waals surface area (Å²) < 4.78 is 10.9. The van der Waals surface area contributed by atoms with Gasteiger partial charge in [0.25, 0.3) is 0 Å². The molecule has 2 heteroatoms. The molecule has 0 aromatic heterocycles. The van der Waals surface area contributed by atoms with Gasteiger partial charge in [-0.2, -0.15) is 0 Å². The maximum Gasteiger partial charge on any atom is 0.118 e. The van der Waals surface area contributed by atoms with E-state index in [1.165, 1.54) is 5.56 Å². The predicted octanol–water partition coefficient (Wildman–Crippen LogP) is 3.82. The highest BCUT2D eigenvalue weighted by molar-refractivity contribution is 5.28. The highest BCUT2D eigenvalue weighted by Crippen LogP contribution is 2.20. The van der Waals surface area contributed by atoms with E-state index in [-0.39, 0.29) is 6.10 Å². The monoisotopic (exact) mass is 222 g/mol. The first-order valence-corrected chi connectivity index (χ1v) is 5.89. The molecule has 0 saturated heterocycles. The molecule has 0 N–H and O–H groups in total. The van der Waals surface area contributed by atoms with Crippen molar-refractivity contribution in [1.29, 1.82) is 0 Å². The third-order valence-electron chi connectivity index (χ3n) is 2.65. The summed E-state index contributed by atoms with van der Waals surface area (Å²) in [4.78, 5) is 0. The molecular weight excluding hydrogens is 200 g/mol. The largest absolute Gasteiger partial charge is 0.497 e. The molecule has 16 heavy (non-hydrogen) atoms. The smallest absolute Gasteiger partial charge is 0.118 e. The van der Waals surface area contributed by atoms with Crippen molar-refractivity contribution in [2.24, 2.45) is 5.92 Å². The standard InChI is InChI=1S/C14H22O2/c1-11(2)9-10-16-12(3)13-5-7-14(15-4)8-6-13/h5-8,11-12H,9-10H2,1-4H3. The van der Waals surface area contributed by atoms with Gasteiger partial charge in [-0.25, -0.2) is 0 Å². The minimum absolute atomic E-state index is 0.157. The molecule has 0 spiro atoms. The minimum atomic E-state index is 0.157. The number of benzene rings is 1. The molecule has 0 aliphatic heterocycles. The second-order valence-corrected chi connectivity index (χ2v) is 4.47. The maximum atomic E-state index is 5.77. The SMILES string of the molecule is COc1ccc(C(C)OCCC(C)C)cc1. The second kappa shape index (κ2) is 6.54. The van der Waals surface area contributed by atoms with Gasteiger partial charge in [0.05, 0.1) is 13.2 Å². The first-order chi connectivity index (χ1) is 7.63. The summed E-state index contributed by atoms with van der Waals surface area (Å²) in [5.74, 6) is 1.58. The topological polar surface area (TPSA) is 18.5 Å². The summed E-state index contributed by atoms with van der Waals surface area (Å²) in [5, 5.41) is 0. The van der Waals surface area contributed by atoms with Gasteiger partial charge in [0.15, 0.2) is 0 Å². The van der Waals surface area contributed by atoms with Crippen LogP contribution < -0.4 is 4.74 Å². The lowest BCUT2D eigenvalue weighted by molar-refractivity contribution is 0.0583. The van der Waals surface area contributed by atoms with E-state index in [2.05, 4.69) is 32.9 Å². The number of methoxy groups -OCH3 is 1. The van der Waals surface area contributed by atoms with Gasteiger partial charge in [0.2, 0.25) is 0 Å². The summed E-state index contributed by atoms with van der Waals surface area (Å²) in [6.45, 7) is 7.33. The molecule has 0 saturated carbocycles. The van der Waals surface area contributed by atoms with Crippen LogP contribution in [0.5, 0.6) is 5.75 Å². The lowest BCUT2D eigenvalue weighted by Crippen LogP contribution is -2.04. The fourth-order valence-electron chi connectivity index (χ4n) is 1.45. The van der Waals surface area contributed by atoms with Gasteiger partial charge in [-0.05, 0) is 37.0 Å². The Balaban J connectivity index is 2.43. The van der Waals surface area contributed by atoms with E-state index in [9.17, 15) is 0 Å². The number of rotatable bonds is 6. The van der Waals surface area contributed by atoms with Gasteiger partial charge in [-0.1, -0.05) is 26.0 Å². The zero-order chi connectivity index (χ0) is 12.0. The van der Waals surface area contributed by atoms with Crippen LogP contribution >= 0.6 is 0 Å². The Bertz CT molecular complexity index is 290. The van der Waals surface area contributed by atoms with Crippen LogP contribution in [-0.2, 0) is 4.74 Å². The summed E-state index contributed by atoms with van der Waals surface area (Å²) in [6, 6.07) is 8.05. The molecule has 2 nitrogen and oxygen atoms in total. The Labute approximate surface area is 98.6 Å². The van der Waals surface area contributed by atoms with Crippen LogP contribution in [0.4, 0.5) is 0 Å². The van der Waals surface area contributed by atoms with E-state index < -0.39 is 0 Å². The van der Waals surface area contributed by atoms with Crippen molar-refractivity contribution in [2.75, 3.05) is 13.7 Å². The molecule has 0 radical (unpaired) electrons. The number of hydrogen-bond acceptors (Lipinski definition) is 2. The van der Waals surface area contributed by atoms with Crippen molar-refractivity contribution in [2.45, 2.75) is 33.3 Å². The molecule has 90 valence electrons. The van der Waals surface area contributed by atoms with Crippen LogP contribution in [0.2, 0.25) is 0 Å². The van der Waals surface area contributed by atoms with Crippen LogP contribution in [0.15, 0.2) is 24.3 Å². The van der Waals surface area contributed by atoms with E-state index in [0.29, 0.717) is 5.92 Å². The third kappa shape index (κ3) is 4.23. The average molecular weight is 222 g/mol. The van der Waals surface area contributed by atoms with Crippen molar-refractivity contribution >= 4 is 0 Å². The van der Waals surface area contributed by atoms with Crippen LogP contribution in [0.25, 0.3) is 0 Å². The molecule has 1 aromatic carbocycles. The molecule has 0 heterocycles. The lowest BCUT2D eigenvalue weighted by Gasteiger charge is -2.14. The molecule has 0 aliphatic carbocycles. The first kappa shape index (κ1) is 13.0. The Kier molecular flexibility index (Phi) is 5.33. The molecule has 0 fully saturated rings. The Morgan fingerprint density at radius 3 is 2.19 bits per heavy atom. The van der Waals surface area contributed by atoms with E-state index >= 15 is 0 Å². The quantitative estimate of drug-likeness (QED) is 0.728. The fraction of sp³-hybridized carbons (Fsp3) is 0.571. The minimum Gasteiger partial charge on any atom is -0.497 e. The average Bonchev–Trinajstić information content (AvgIpc) is 2.28. The van der Waals surface area contributed by atoms with Crippen molar-refractivity contribution in [3.8, 4) is 5.75 Å². The summed E-state index contributed by atoms with van der Waals surface area (Å²) >= 11 is 0. The molecular formula is C14H22O2. The van der Waals surface area contributed by atoms with Crippen molar-refractivity contribution in [3.05, 3.63) is 29.8 Å². The summed E-state index contributed by atoms with van der Waals surface area (Å²) in [6.07, 6.45) is 1.27. The van der Waals surface area contributed by atoms with Crippen molar-refractivity contribution < 1.29 is 9.47 Å². The van der Waals surface area contributed by atoms with Gasteiger partial charge < -0.3 is 9.47 Å². The number of hydrogen-bond donors (Lipinski definition) is 0. The van der Waals surface area contributed by atoms with Crippen LogP contribution in [-0.4, -0.2) is 13.7 Å². The molecule has 1 unspecified atom stereocenters. The van der Waals surface area contributed by atoms with Crippen molar-refractivity contribution in [3.63, 3.8) is 0 Å². The molecule has 0 aliphatic rings. The highest BCUT2D eigenvalue weighted by Gasteiger charge is 2.06. The zero-order valence-electron chi connectivity index (χ0n) is 10.7. The Morgan fingerprint density at radius 1 is 1.06 bits per heavy atom. The maximum absolute atomic E-state index is 5.77. The van der Waals surface area contributed by atoms with Gasteiger partial charge >= 0.3 is 0 Å². The summed E-state index contributed by atoms with van der Waals surface area (Å²) in [5.41, 5.74) is 1.20. The predicted molar refractivity (Wildman–Crippen MR) is 66.8 cm³/mol. The molecule has 1 rings (SSSR count). The fourth-order valence-corrected chi connectivity index (χ4v) is 1.45. The van der Waals surface area contributed by atoms with Gasteiger partial charge in [-0.3, -0.25) is 0 Å². The van der Waals surface area contributed by atoms with E-state index in [1.54, 1.807) is 7.11 Å². The summed E-state index contributed by atoms with van der Waals surface area (Å²) in [7, 11) is 1.68.